The van der Waals surface area contributed by atoms with E-state index < -0.39 is 0 Å². The van der Waals surface area contributed by atoms with Gasteiger partial charge in [0.15, 0.2) is 0 Å². The lowest BCUT2D eigenvalue weighted by molar-refractivity contribution is -0.137. The summed E-state index contributed by atoms with van der Waals surface area (Å²) in [5, 5.41) is 3.26. The first kappa shape index (κ1) is 20.1. The number of likely N-dealkylation sites (tertiary alicyclic amines) is 1. The number of thioether (sulfide) groups is 1. The molecular weight excluding hydrogens is 358 g/mol. The number of nitrogens with zero attached hydrogens (tertiary/aromatic N) is 2. The van der Waals surface area contributed by atoms with Crippen molar-refractivity contribution >= 4 is 41.7 Å². The molecule has 25 heavy (non-hydrogen) atoms. The van der Waals surface area contributed by atoms with Gasteiger partial charge in [-0.3, -0.25) is 9.59 Å². The second-order valence-electron chi connectivity index (χ2n) is 6.52. The molecule has 2 amide bonds. The molecule has 2 unspecified atom stereocenters. The number of nitrogens with one attached hydrogen (secondary N) is 1. The van der Waals surface area contributed by atoms with Crippen LogP contribution in [0.5, 0.6) is 0 Å². The summed E-state index contributed by atoms with van der Waals surface area (Å²) in [7, 11) is 1.94. The van der Waals surface area contributed by atoms with Gasteiger partial charge in [-0.1, -0.05) is 6.07 Å². The molecule has 7 heteroatoms. The van der Waals surface area contributed by atoms with Crippen LogP contribution in [-0.2, 0) is 9.59 Å². The lowest BCUT2D eigenvalue weighted by Crippen LogP contribution is -2.49. The molecule has 0 radical (unpaired) electrons. The first-order chi connectivity index (χ1) is 11.6. The Balaban J connectivity index is 0.00000225. The molecule has 2 aliphatic rings. The van der Waals surface area contributed by atoms with Crippen LogP contribution in [0.15, 0.2) is 29.2 Å². The topological polar surface area (TPSA) is 52.7 Å². The van der Waals surface area contributed by atoms with Crippen LogP contribution in [0.4, 0.5) is 5.69 Å². The minimum atomic E-state index is -0.217. The first-order valence-corrected chi connectivity index (χ1v) is 9.75. The quantitative estimate of drug-likeness (QED) is 0.811. The van der Waals surface area contributed by atoms with Gasteiger partial charge in [0, 0.05) is 42.7 Å². The zero-order chi connectivity index (χ0) is 17.1. The van der Waals surface area contributed by atoms with Crippen LogP contribution in [0.25, 0.3) is 0 Å². The Hall–Kier alpha value is -1.24. The van der Waals surface area contributed by atoms with Crippen LogP contribution in [0, 0.1) is 5.92 Å². The highest BCUT2D eigenvalue weighted by Gasteiger charge is 2.38. The van der Waals surface area contributed by atoms with Gasteiger partial charge in [-0.25, -0.2) is 0 Å². The number of piperidine rings is 1. The molecule has 2 aliphatic heterocycles. The molecule has 3 rings (SSSR count). The van der Waals surface area contributed by atoms with Crippen LogP contribution >= 0.6 is 24.2 Å². The molecule has 2 heterocycles. The normalized spacial score (nSPS) is 23.5. The minimum absolute atomic E-state index is 0. The number of likely N-dealkylation sites (N-methyl/N-ethyl adjacent to an activating group) is 1. The summed E-state index contributed by atoms with van der Waals surface area (Å²) >= 11 is 1.66. The summed E-state index contributed by atoms with van der Waals surface area (Å²) in [6.45, 7) is 2.06. The Labute approximate surface area is 159 Å². The van der Waals surface area contributed by atoms with Gasteiger partial charge < -0.3 is 15.1 Å². The summed E-state index contributed by atoms with van der Waals surface area (Å²) < 4.78 is 0. The van der Waals surface area contributed by atoms with Gasteiger partial charge in [-0.2, -0.15) is 0 Å². The Kier molecular flexibility index (Phi) is 7.16. The second-order valence-corrected chi connectivity index (χ2v) is 7.40. The van der Waals surface area contributed by atoms with E-state index in [0.717, 1.165) is 36.5 Å². The van der Waals surface area contributed by atoms with E-state index in [1.807, 2.05) is 42.5 Å². The number of carbonyl (C=O) groups is 2. The molecule has 1 aromatic carbocycles. The number of amides is 2. The average Bonchev–Trinajstić information content (AvgIpc) is 3.03. The fraction of sp³-hybridized carbons (Fsp3) is 0.556. The third-order valence-electron chi connectivity index (χ3n) is 4.98. The molecule has 5 nitrogen and oxygen atoms in total. The number of halogens is 1. The van der Waals surface area contributed by atoms with Crippen molar-refractivity contribution in [1.82, 2.24) is 10.2 Å². The van der Waals surface area contributed by atoms with Crippen LogP contribution in [0.3, 0.4) is 0 Å². The molecule has 0 aromatic heterocycles. The Morgan fingerprint density at radius 2 is 2.12 bits per heavy atom. The molecule has 0 spiro atoms. The molecule has 2 atom stereocenters. The number of hydrogen-bond acceptors (Lipinski definition) is 4. The lowest BCUT2D eigenvalue weighted by atomic mass is 10.0. The van der Waals surface area contributed by atoms with Gasteiger partial charge in [0.05, 0.1) is 5.92 Å². The average molecular weight is 384 g/mol. The van der Waals surface area contributed by atoms with Crippen molar-refractivity contribution in [2.75, 3.05) is 37.8 Å². The highest BCUT2D eigenvalue weighted by molar-refractivity contribution is 7.98. The fourth-order valence-corrected chi connectivity index (χ4v) is 4.03. The Morgan fingerprint density at radius 1 is 1.32 bits per heavy atom. The smallest absolute Gasteiger partial charge is 0.228 e. The minimum Gasteiger partial charge on any atom is -0.341 e. The van der Waals surface area contributed by atoms with Gasteiger partial charge in [0.1, 0.15) is 0 Å². The van der Waals surface area contributed by atoms with Gasteiger partial charge >= 0.3 is 0 Å². The lowest BCUT2D eigenvalue weighted by Gasteiger charge is -2.34. The standard InChI is InChI=1S/C18H25N3O2S.ClH/c1-19-14-5-4-8-20(12-14)18(23)13-9-17(22)21(11-13)15-6-3-7-16(10-15)24-2;/h3,6-7,10,13-14,19H,4-5,8-9,11-12H2,1-2H3;1H. The van der Waals surface area contributed by atoms with Crippen molar-refractivity contribution in [3.63, 3.8) is 0 Å². The first-order valence-electron chi connectivity index (χ1n) is 8.53. The Bertz CT molecular complexity index is 628. The molecule has 138 valence electrons. The maximum Gasteiger partial charge on any atom is 0.228 e. The molecular formula is C18H26ClN3O2S. The van der Waals surface area contributed by atoms with Crippen LogP contribution in [-0.4, -0.2) is 55.7 Å². The van der Waals surface area contributed by atoms with Crippen molar-refractivity contribution in [3.8, 4) is 0 Å². The van der Waals surface area contributed by atoms with Crippen LogP contribution < -0.4 is 10.2 Å². The number of hydrogen-bond donors (Lipinski definition) is 1. The number of rotatable bonds is 4. The van der Waals surface area contributed by atoms with Gasteiger partial charge in [0.2, 0.25) is 11.8 Å². The van der Waals surface area contributed by atoms with E-state index in [9.17, 15) is 9.59 Å². The van der Waals surface area contributed by atoms with Crippen molar-refractivity contribution < 1.29 is 9.59 Å². The van der Waals surface area contributed by atoms with E-state index in [2.05, 4.69) is 5.32 Å². The van der Waals surface area contributed by atoms with Crippen molar-refractivity contribution in [2.24, 2.45) is 5.92 Å². The number of anilines is 1. The molecule has 1 N–H and O–H groups in total. The second kappa shape index (κ2) is 8.92. The highest BCUT2D eigenvalue weighted by atomic mass is 35.5. The van der Waals surface area contributed by atoms with Crippen molar-refractivity contribution in [3.05, 3.63) is 24.3 Å². The summed E-state index contributed by atoms with van der Waals surface area (Å²) in [4.78, 5) is 30.1. The van der Waals surface area contributed by atoms with Gasteiger partial charge in [-0.15, -0.1) is 24.2 Å². The summed E-state index contributed by atoms with van der Waals surface area (Å²) in [6, 6.07) is 8.33. The van der Waals surface area contributed by atoms with E-state index in [0.29, 0.717) is 19.0 Å². The largest absolute Gasteiger partial charge is 0.341 e. The molecule has 2 saturated heterocycles. The third-order valence-corrected chi connectivity index (χ3v) is 5.71. The van der Waals surface area contributed by atoms with Crippen molar-refractivity contribution in [1.29, 1.82) is 0 Å². The highest BCUT2D eigenvalue weighted by Crippen LogP contribution is 2.29. The zero-order valence-corrected chi connectivity index (χ0v) is 16.4. The predicted molar refractivity (Wildman–Crippen MR) is 105 cm³/mol. The summed E-state index contributed by atoms with van der Waals surface area (Å²) in [6.07, 6.45) is 4.48. The summed E-state index contributed by atoms with van der Waals surface area (Å²) in [5.74, 6) is -0.0355. The third kappa shape index (κ3) is 4.49. The molecule has 0 aliphatic carbocycles. The fourth-order valence-electron chi connectivity index (χ4n) is 3.57. The van der Waals surface area contributed by atoms with E-state index in [-0.39, 0.29) is 30.1 Å². The maximum atomic E-state index is 12.8. The molecule has 0 saturated carbocycles. The summed E-state index contributed by atoms with van der Waals surface area (Å²) in [5.41, 5.74) is 0.897. The van der Waals surface area contributed by atoms with Crippen LogP contribution in [0.2, 0.25) is 0 Å². The predicted octanol–water partition coefficient (Wildman–Crippen LogP) is 2.39. The van der Waals surface area contributed by atoms with E-state index >= 15 is 0 Å². The van der Waals surface area contributed by atoms with Gasteiger partial charge in [-0.05, 0) is 44.3 Å². The monoisotopic (exact) mass is 383 g/mol. The molecule has 0 bridgehead atoms. The van der Waals surface area contributed by atoms with E-state index in [1.54, 1.807) is 16.7 Å². The molecule has 1 aromatic rings. The van der Waals surface area contributed by atoms with Crippen LogP contribution in [0.1, 0.15) is 19.3 Å². The SMILES string of the molecule is CNC1CCCN(C(=O)C2CC(=O)N(c3cccc(SC)c3)C2)C1.Cl. The zero-order valence-electron chi connectivity index (χ0n) is 14.7. The number of carbonyl (C=O) groups excluding carboxylic acids is 2. The van der Waals surface area contributed by atoms with E-state index in [4.69, 9.17) is 0 Å². The molecule has 2 fully saturated rings. The number of benzene rings is 1. The van der Waals surface area contributed by atoms with Gasteiger partial charge in [0.25, 0.3) is 0 Å². The maximum absolute atomic E-state index is 12.8. The van der Waals surface area contributed by atoms with Crippen molar-refractivity contribution in [2.45, 2.75) is 30.2 Å². The van der Waals surface area contributed by atoms with E-state index in [1.165, 1.54) is 0 Å². The Morgan fingerprint density at radius 3 is 2.84 bits per heavy atom.